The maximum atomic E-state index is 13.4. The number of urea groups is 1. The van der Waals surface area contributed by atoms with Crippen molar-refractivity contribution in [1.29, 1.82) is 0 Å². The van der Waals surface area contributed by atoms with Crippen LogP contribution in [-0.2, 0) is 6.54 Å². The van der Waals surface area contributed by atoms with E-state index in [9.17, 15) is 18.0 Å². The molecule has 0 aliphatic rings. The number of nitrogens with one attached hydrogen (secondary N) is 2. The SMILES string of the molecule is O=C(NCc1c(Cl)cccc1Cl)Nc1ccc(F)c(F)c1F. The number of hydrogen-bond acceptors (Lipinski definition) is 1. The third-order valence-corrected chi connectivity index (χ3v) is 3.48. The molecule has 2 amide bonds. The lowest BCUT2D eigenvalue weighted by Gasteiger charge is -2.11. The second kappa shape index (κ2) is 6.89. The lowest BCUT2D eigenvalue weighted by Crippen LogP contribution is -2.29. The normalized spacial score (nSPS) is 10.4. The predicted molar refractivity (Wildman–Crippen MR) is 78.6 cm³/mol. The molecule has 0 bridgehead atoms. The fourth-order valence-electron chi connectivity index (χ4n) is 1.66. The second-order valence-electron chi connectivity index (χ2n) is 4.23. The van der Waals surface area contributed by atoms with Gasteiger partial charge in [0.2, 0.25) is 0 Å². The van der Waals surface area contributed by atoms with Crippen molar-refractivity contribution < 1.29 is 18.0 Å². The van der Waals surface area contributed by atoms with Gasteiger partial charge < -0.3 is 10.6 Å². The van der Waals surface area contributed by atoms with Gasteiger partial charge in [0, 0.05) is 22.2 Å². The van der Waals surface area contributed by atoms with Crippen molar-refractivity contribution in [2.75, 3.05) is 5.32 Å². The zero-order valence-corrected chi connectivity index (χ0v) is 12.4. The molecule has 2 aromatic rings. The van der Waals surface area contributed by atoms with Gasteiger partial charge in [0.15, 0.2) is 17.5 Å². The average molecular weight is 349 g/mol. The summed E-state index contributed by atoms with van der Waals surface area (Å²) in [7, 11) is 0. The smallest absolute Gasteiger partial charge is 0.319 e. The van der Waals surface area contributed by atoms with Crippen LogP contribution in [0.1, 0.15) is 5.56 Å². The largest absolute Gasteiger partial charge is 0.334 e. The topological polar surface area (TPSA) is 41.1 Å². The molecule has 8 heteroatoms. The molecule has 0 spiro atoms. The minimum absolute atomic E-state index is 0.0182. The fraction of sp³-hybridized carbons (Fsp3) is 0.0714. The number of anilines is 1. The van der Waals surface area contributed by atoms with E-state index in [2.05, 4.69) is 10.6 Å². The predicted octanol–water partition coefficient (Wildman–Crippen LogP) is 4.73. The summed E-state index contributed by atoms with van der Waals surface area (Å²) in [6, 6.07) is 5.63. The van der Waals surface area contributed by atoms with Crippen LogP contribution in [0.2, 0.25) is 10.0 Å². The third-order valence-electron chi connectivity index (χ3n) is 2.77. The maximum absolute atomic E-state index is 13.4. The Labute approximate surface area is 134 Å². The van der Waals surface area contributed by atoms with E-state index in [1.165, 1.54) is 0 Å². The number of carbonyl (C=O) groups excluding carboxylic acids is 1. The molecule has 0 aliphatic carbocycles. The van der Waals surface area contributed by atoms with E-state index >= 15 is 0 Å². The monoisotopic (exact) mass is 348 g/mol. The minimum atomic E-state index is -1.66. The van der Waals surface area contributed by atoms with Crippen LogP contribution in [0.5, 0.6) is 0 Å². The Kier molecular flexibility index (Phi) is 5.15. The molecule has 0 saturated carbocycles. The van der Waals surface area contributed by atoms with Crippen molar-refractivity contribution in [3.8, 4) is 0 Å². The van der Waals surface area contributed by atoms with Gasteiger partial charge in [-0.15, -0.1) is 0 Å². The van der Waals surface area contributed by atoms with Crippen LogP contribution in [0.3, 0.4) is 0 Å². The first-order valence-electron chi connectivity index (χ1n) is 6.01. The van der Waals surface area contributed by atoms with Gasteiger partial charge in [0.25, 0.3) is 0 Å². The van der Waals surface area contributed by atoms with Crippen molar-refractivity contribution in [3.05, 3.63) is 63.4 Å². The van der Waals surface area contributed by atoms with E-state index in [0.717, 1.165) is 6.07 Å². The van der Waals surface area contributed by atoms with E-state index in [1.54, 1.807) is 18.2 Å². The number of halogens is 5. The van der Waals surface area contributed by atoms with Gasteiger partial charge in [0.1, 0.15) is 0 Å². The molecule has 116 valence electrons. The summed E-state index contributed by atoms with van der Waals surface area (Å²) in [4.78, 5) is 11.7. The molecule has 0 unspecified atom stereocenters. The van der Waals surface area contributed by atoms with Crippen LogP contribution in [-0.4, -0.2) is 6.03 Å². The van der Waals surface area contributed by atoms with Crippen molar-refractivity contribution in [1.82, 2.24) is 5.32 Å². The van der Waals surface area contributed by atoms with Gasteiger partial charge in [-0.3, -0.25) is 0 Å². The molecule has 0 saturated heterocycles. The van der Waals surface area contributed by atoms with Gasteiger partial charge in [-0.05, 0) is 24.3 Å². The van der Waals surface area contributed by atoms with E-state index in [-0.39, 0.29) is 6.54 Å². The molecule has 3 nitrogen and oxygen atoms in total. The van der Waals surface area contributed by atoms with Crippen LogP contribution in [0, 0.1) is 17.5 Å². The third kappa shape index (κ3) is 3.64. The number of amides is 2. The summed E-state index contributed by atoms with van der Waals surface area (Å²) in [5.41, 5.74) is -0.00611. The summed E-state index contributed by atoms with van der Waals surface area (Å²) in [5.74, 6) is -4.48. The van der Waals surface area contributed by atoms with Crippen LogP contribution >= 0.6 is 23.2 Å². The minimum Gasteiger partial charge on any atom is -0.334 e. The van der Waals surface area contributed by atoms with Gasteiger partial charge in [-0.2, -0.15) is 0 Å². The Morgan fingerprint density at radius 2 is 1.64 bits per heavy atom. The number of hydrogen-bond donors (Lipinski definition) is 2. The van der Waals surface area contributed by atoms with E-state index in [4.69, 9.17) is 23.2 Å². The van der Waals surface area contributed by atoms with E-state index < -0.39 is 29.2 Å². The molecule has 0 aliphatic heterocycles. The first kappa shape index (κ1) is 16.5. The standard InChI is InChI=1S/C14H9Cl2F3N2O/c15-8-2-1-3-9(16)7(8)6-20-14(22)21-11-5-4-10(17)12(18)13(11)19/h1-5H,6H2,(H2,20,21,22). The lowest BCUT2D eigenvalue weighted by molar-refractivity contribution is 0.251. The van der Waals surface area contributed by atoms with Crippen molar-refractivity contribution in [3.63, 3.8) is 0 Å². The summed E-state index contributed by atoms with van der Waals surface area (Å²) < 4.78 is 39.2. The second-order valence-corrected chi connectivity index (χ2v) is 5.05. The van der Waals surface area contributed by atoms with Crippen LogP contribution in [0.15, 0.2) is 30.3 Å². The molecule has 0 atom stereocenters. The van der Waals surface area contributed by atoms with Gasteiger partial charge in [-0.25, -0.2) is 18.0 Å². The zero-order chi connectivity index (χ0) is 16.3. The first-order valence-corrected chi connectivity index (χ1v) is 6.77. The Hall–Kier alpha value is -1.92. The summed E-state index contributed by atoms with van der Waals surface area (Å²) in [5, 5.41) is 5.17. The molecule has 2 rings (SSSR count). The molecular formula is C14H9Cl2F3N2O. The van der Waals surface area contributed by atoms with E-state index in [1.807, 2.05) is 0 Å². The number of rotatable bonds is 3. The van der Waals surface area contributed by atoms with Crippen LogP contribution < -0.4 is 10.6 Å². The van der Waals surface area contributed by atoms with Gasteiger partial charge >= 0.3 is 6.03 Å². The van der Waals surface area contributed by atoms with E-state index in [0.29, 0.717) is 21.7 Å². The average Bonchev–Trinajstić information content (AvgIpc) is 2.47. The summed E-state index contributed by atoms with van der Waals surface area (Å²) in [6.07, 6.45) is 0. The summed E-state index contributed by atoms with van der Waals surface area (Å²) >= 11 is 11.9. The highest BCUT2D eigenvalue weighted by Crippen LogP contribution is 2.24. The molecular weight excluding hydrogens is 340 g/mol. The number of benzene rings is 2. The highest BCUT2D eigenvalue weighted by Gasteiger charge is 2.15. The molecule has 0 radical (unpaired) electrons. The molecule has 22 heavy (non-hydrogen) atoms. The molecule has 2 aromatic carbocycles. The first-order chi connectivity index (χ1) is 10.4. The number of carbonyl (C=O) groups is 1. The highest BCUT2D eigenvalue weighted by atomic mass is 35.5. The lowest BCUT2D eigenvalue weighted by atomic mass is 10.2. The Morgan fingerprint density at radius 1 is 1.00 bits per heavy atom. The maximum Gasteiger partial charge on any atom is 0.319 e. The van der Waals surface area contributed by atoms with Crippen LogP contribution in [0.4, 0.5) is 23.7 Å². The van der Waals surface area contributed by atoms with Crippen LogP contribution in [0.25, 0.3) is 0 Å². The van der Waals surface area contributed by atoms with Crippen molar-refractivity contribution >= 4 is 34.9 Å². The zero-order valence-electron chi connectivity index (χ0n) is 10.9. The van der Waals surface area contributed by atoms with Crippen molar-refractivity contribution in [2.24, 2.45) is 0 Å². The molecule has 0 fully saturated rings. The summed E-state index contributed by atoms with van der Waals surface area (Å²) in [6.45, 7) is -0.0182. The highest BCUT2D eigenvalue weighted by molar-refractivity contribution is 6.36. The van der Waals surface area contributed by atoms with Crippen molar-refractivity contribution in [2.45, 2.75) is 6.54 Å². The molecule has 0 heterocycles. The molecule has 2 N–H and O–H groups in total. The molecule has 0 aromatic heterocycles. The Balaban J connectivity index is 2.04. The Bertz CT molecular complexity index is 705. The fourth-order valence-corrected chi connectivity index (χ4v) is 2.19. The van der Waals surface area contributed by atoms with Gasteiger partial charge in [-0.1, -0.05) is 29.3 Å². The van der Waals surface area contributed by atoms with Gasteiger partial charge in [0.05, 0.1) is 5.69 Å². The quantitative estimate of drug-likeness (QED) is 0.773. The Morgan fingerprint density at radius 3 is 2.27 bits per heavy atom.